The van der Waals surface area contributed by atoms with Crippen molar-refractivity contribution in [2.75, 3.05) is 7.11 Å². The van der Waals surface area contributed by atoms with Crippen molar-refractivity contribution in [1.29, 1.82) is 0 Å². The molecule has 0 N–H and O–H groups in total. The van der Waals surface area contributed by atoms with E-state index in [1.54, 1.807) is 18.3 Å². The van der Waals surface area contributed by atoms with Crippen LogP contribution in [0.5, 0.6) is 0 Å². The van der Waals surface area contributed by atoms with Crippen LogP contribution in [0.1, 0.15) is 25.0 Å². The fraction of sp³-hybridized carbons (Fsp3) is 0.333. The van der Waals surface area contributed by atoms with Crippen LogP contribution in [-0.2, 0) is 9.53 Å². The molecule has 1 rings (SSSR count). The Morgan fingerprint density at radius 2 is 2.38 bits per heavy atom. The summed E-state index contributed by atoms with van der Waals surface area (Å²) in [5.74, 6) is 0.0410. The zero-order valence-corrected chi connectivity index (χ0v) is 9.42. The van der Waals surface area contributed by atoms with Gasteiger partial charge in [-0.25, -0.2) is 4.79 Å². The molecule has 1 unspecified atom stereocenters. The first kappa shape index (κ1) is 12.2. The number of methoxy groups -OCH3 is 1. The zero-order valence-electron chi connectivity index (χ0n) is 9.42. The number of aldehydes is 1. The van der Waals surface area contributed by atoms with Crippen molar-refractivity contribution in [3.63, 3.8) is 0 Å². The van der Waals surface area contributed by atoms with Crippen molar-refractivity contribution >= 4 is 12.4 Å². The summed E-state index contributed by atoms with van der Waals surface area (Å²) in [7, 11) is 1.34. The highest BCUT2D eigenvalue weighted by Crippen LogP contribution is 2.21. The monoisotopic (exact) mass is 221 g/mol. The van der Waals surface area contributed by atoms with Gasteiger partial charge < -0.3 is 4.74 Å². The van der Waals surface area contributed by atoms with Gasteiger partial charge in [-0.15, -0.1) is 0 Å². The second-order valence-electron chi connectivity index (χ2n) is 3.31. The summed E-state index contributed by atoms with van der Waals surface area (Å²) in [4.78, 5) is 21.7. The lowest BCUT2D eigenvalue weighted by molar-refractivity contribution is -0.104. The number of allylic oxidation sites excluding steroid dienone is 2. The first-order chi connectivity index (χ1) is 7.74. The molecule has 0 bridgehead atoms. The van der Waals surface area contributed by atoms with Crippen LogP contribution in [0.15, 0.2) is 30.5 Å². The van der Waals surface area contributed by atoms with E-state index in [-0.39, 0.29) is 5.92 Å². The van der Waals surface area contributed by atoms with Crippen LogP contribution >= 0.6 is 0 Å². The van der Waals surface area contributed by atoms with Gasteiger partial charge >= 0.3 is 6.09 Å². The molecule has 0 radical (unpaired) electrons. The average molecular weight is 221 g/mol. The minimum atomic E-state index is -0.419. The maximum absolute atomic E-state index is 11.4. The number of ether oxygens (including phenoxy) is 1. The van der Waals surface area contributed by atoms with Gasteiger partial charge in [-0.2, -0.15) is 0 Å². The highest BCUT2D eigenvalue weighted by molar-refractivity contribution is 5.72. The van der Waals surface area contributed by atoms with Gasteiger partial charge in [-0.05, 0) is 24.6 Å². The predicted molar refractivity (Wildman–Crippen MR) is 60.5 cm³/mol. The van der Waals surface area contributed by atoms with Crippen molar-refractivity contribution in [1.82, 2.24) is 4.57 Å². The maximum atomic E-state index is 11.4. The molecule has 0 fully saturated rings. The first-order valence-electron chi connectivity index (χ1n) is 5.12. The lowest BCUT2D eigenvalue weighted by Gasteiger charge is -2.12. The van der Waals surface area contributed by atoms with E-state index >= 15 is 0 Å². The molecule has 0 saturated heterocycles. The highest BCUT2D eigenvalue weighted by Gasteiger charge is 2.14. The molecule has 1 atom stereocenters. The molecule has 4 heteroatoms. The Kier molecular flexibility index (Phi) is 4.51. The van der Waals surface area contributed by atoms with Crippen molar-refractivity contribution in [2.24, 2.45) is 0 Å². The van der Waals surface area contributed by atoms with Crippen LogP contribution in [0.25, 0.3) is 0 Å². The number of nitrogens with zero attached hydrogens (tertiary/aromatic N) is 1. The Morgan fingerprint density at radius 3 is 2.94 bits per heavy atom. The second-order valence-corrected chi connectivity index (χ2v) is 3.31. The van der Waals surface area contributed by atoms with E-state index in [9.17, 15) is 9.59 Å². The molecule has 1 aromatic heterocycles. The van der Waals surface area contributed by atoms with Crippen LogP contribution in [-0.4, -0.2) is 24.1 Å². The third kappa shape index (κ3) is 2.59. The molecule has 4 nitrogen and oxygen atoms in total. The van der Waals surface area contributed by atoms with Gasteiger partial charge in [0.15, 0.2) is 0 Å². The summed E-state index contributed by atoms with van der Waals surface area (Å²) >= 11 is 0. The van der Waals surface area contributed by atoms with Crippen molar-refractivity contribution in [3.8, 4) is 0 Å². The largest absolute Gasteiger partial charge is 0.452 e. The fourth-order valence-corrected chi connectivity index (χ4v) is 1.58. The molecule has 0 aliphatic rings. The van der Waals surface area contributed by atoms with E-state index in [0.29, 0.717) is 0 Å². The van der Waals surface area contributed by atoms with Gasteiger partial charge in [-0.1, -0.05) is 13.0 Å². The summed E-state index contributed by atoms with van der Waals surface area (Å²) in [5, 5.41) is 0. The fourth-order valence-electron chi connectivity index (χ4n) is 1.58. The lowest BCUT2D eigenvalue weighted by Crippen LogP contribution is -2.15. The van der Waals surface area contributed by atoms with E-state index < -0.39 is 6.09 Å². The number of carbonyl (C=O) groups is 2. The molecule has 1 heterocycles. The van der Waals surface area contributed by atoms with Crippen molar-refractivity contribution in [2.45, 2.75) is 19.3 Å². The molecule has 0 amide bonds. The quantitative estimate of drug-likeness (QED) is 0.579. The molecule has 16 heavy (non-hydrogen) atoms. The van der Waals surface area contributed by atoms with Crippen LogP contribution in [0.4, 0.5) is 4.79 Å². The van der Waals surface area contributed by atoms with Crippen LogP contribution in [0, 0.1) is 0 Å². The number of aromatic nitrogens is 1. The normalized spacial score (nSPS) is 12.6. The standard InChI is InChI=1S/C12H15NO3/c1-3-10(6-5-9-14)11-7-4-8-13(11)12(15)16-2/h4-10H,3H2,1-2H3/b6-5-. The maximum Gasteiger partial charge on any atom is 0.417 e. The third-order valence-corrected chi connectivity index (χ3v) is 2.39. The molecule has 0 aliphatic heterocycles. The molecule has 0 saturated carbocycles. The summed E-state index contributed by atoms with van der Waals surface area (Å²) in [6.45, 7) is 1.99. The number of rotatable bonds is 4. The van der Waals surface area contributed by atoms with Crippen LogP contribution in [0.3, 0.4) is 0 Å². The van der Waals surface area contributed by atoms with E-state index in [1.165, 1.54) is 17.8 Å². The smallest absolute Gasteiger partial charge is 0.417 e. The molecule has 0 aromatic carbocycles. The summed E-state index contributed by atoms with van der Waals surface area (Å²) in [6, 6.07) is 3.63. The van der Waals surface area contributed by atoms with Crippen molar-refractivity contribution in [3.05, 3.63) is 36.2 Å². The highest BCUT2D eigenvalue weighted by atomic mass is 16.5. The Hall–Kier alpha value is -1.84. The van der Waals surface area contributed by atoms with Gasteiger partial charge in [0, 0.05) is 17.8 Å². The summed E-state index contributed by atoms with van der Waals surface area (Å²) in [5.41, 5.74) is 0.826. The Bertz CT molecular complexity index is 393. The lowest BCUT2D eigenvalue weighted by atomic mass is 10.0. The molecule has 1 aromatic rings. The minimum Gasteiger partial charge on any atom is -0.452 e. The molecule has 86 valence electrons. The number of hydrogen-bond donors (Lipinski definition) is 0. The van der Waals surface area contributed by atoms with E-state index in [0.717, 1.165) is 18.4 Å². The third-order valence-electron chi connectivity index (χ3n) is 2.39. The molecule has 0 spiro atoms. The molecular formula is C12H15NO3. The predicted octanol–water partition coefficient (Wildman–Crippen LogP) is 2.35. The van der Waals surface area contributed by atoms with Gasteiger partial charge in [0.05, 0.1) is 7.11 Å². The van der Waals surface area contributed by atoms with Gasteiger partial charge in [0.2, 0.25) is 0 Å². The molecular weight excluding hydrogens is 206 g/mol. The Labute approximate surface area is 94.5 Å². The topological polar surface area (TPSA) is 48.3 Å². The van der Waals surface area contributed by atoms with Crippen LogP contribution < -0.4 is 0 Å². The average Bonchev–Trinajstić information content (AvgIpc) is 2.78. The zero-order chi connectivity index (χ0) is 12.0. The van der Waals surface area contributed by atoms with E-state index in [1.807, 2.05) is 13.0 Å². The Morgan fingerprint density at radius 1 is 1.62 bits per heavy atom. The van der Waals surface area contributed by atoms with E-state index in [2.05, 4.69) is 4.74 Å². The second kappa shape index (κ2) is 5.90. The summed E-state index contributed by atoms with van der Waals surface area (Å²) in [6.07, 6.45) is 6.00. The number of carbonyl (C=O) groups excluding carboxylic acids is 2. The van der Waals surface area contributed by atoms with Gasteiger partial charge in [-0.3, -0.25) is 9.36 Å². The number of hydrogen-bond acceptors (Lipinski definition) is 3. The molecule has 0 aliphatic carbocycles. The first-order valence-corrected chi connectivity index (χ1v) is 5.12. The summed E-state index contributed by atoms with van der Waals surface area (Å²) < 4.78 is 6.11. The van der Waals surface area contributed by atoms with Gasteiger partial charge in [0.25, 0.3) is 0 Å². The van der Waals surface area contributed by atoms with E-state index in [4.69, 9.17) is 0 Å². The van der Waals surface area contributed by atoms with Crippen LogP contribution in [0.2, 0.25) is 0 Å². The Balaban J connectivity index is 3.01. The van der Waals surface area contributed by atoms with Crippen molar-refractivity contribution < 1.29 is 14.3 Å². The SMILES string of the molecule is CCC(/C=C\C=O)c1cccn1C(=O)OC. The minimum absolute atomic E-state index is 0.0410. The van der Waals surface area contributed by atoms with Gasteiger partial charge in [0.1, 0.15) is 6.29 Å².